The molecule has 0 heterocycles. The van der Waals surface area contributed by atoms with E-state index in [1.165, 1.54) is 0 Å². The molecule has 0 bridgehead atoms. The minimum Gasteiger partial charge on any atom is -0.500 e. The van der Waals surface area contributed by atoms with Gasteiger partial charge in [-0.05, 0) is 6.92 Å². The van der Waals surface area contributed by atoms with Gasteiger partial charge >= 0.3 is 0 Å². The van der Waals surface area contributed by atoms with Crippen LogP contribution in [-0.4, -0.2) is 32.6 Å². The molecule has 5 nitrogen and oxygen atoms in total. The van der Waals surface area contributed by atoms with Crippen LogP contribution in [0.25, 0.3) is 0 Å². The lowest BCUT2D eigenvalue weighted by Gasteiger charge is -2.07. The fraction of sp³-hybridized carbons (Fsp3) is 0.667. The Kier molecular flexibility index (Phi) is 4.22. The largest absolute Gasteiger partial charge is 0.500 e. The Morgan fingerprint density at radius 2 is 2.25 bits per heavy atom. The Bertz CT molecular complexity index is 255. The number of nitrogens with two attached hydrogens (primary N) is 1. The topological polar surface area (TPSA) is 89.6 Å². The molecule has 0 aromatic rings. The summed E-state index contributed by atoms with van der Waals surface area (Å²) in [5, 5.41) is 8.82. The van der Waals surface area contributed by atoms with Crippen LogP contribution in [0.2, 0.25) is 0 Å². The van der Waals surface area contributed by atoms with Crippen molar-refractivity contribution < 1.29 is 18.3 Å². The van der Waals surface area contributed by atoms with Crippen molar-refractivity contribution in [3.8, 4) is 0 Å². The molecule has 0 aliphatic heterocycles. The van der Waals surface area contributed by atoms with Crippen LogP contribution in [-0.2, 0) is 14.6 Å². The standard InChI is InChI=1S/C6H13NO4S/c1-3-11-4-5(6(7)8)12(2,9)10/h4,6,8H,3,7H2,1-2H3/b5-4-/t6-/m0/s1. The summed E-state index contributed by atoms with van der Waals surface area (Å²) in [5.41, 5.74) is 4.99. The predicted octanol–water partition coefficient (Wildman–Crippen LogP) is -0.814. The summed E-state index contributed by atoms with van der Waals surface area (Å²) in [6.07, 6.45) is 0.389. The molecule has 12 heavy (non-hydrogen) atoms. The molecule has 0 aromatic carbocycles. The third kappa shape index (κ3) is 3.70. The average molecular weight is 195 g/mol. The minimum absolute atomic E-state index is 0.315. The maximum atomic E-state index is 10.9. The fourth-order valence-corrected chi connectivity index (χ4v) is 1.22. The summed E-state index contributed by atoms with van der Waals surface area (Å²) in [6.45, 7) is 2.02. The second-order valence-corrected chi connectivity index (χ2v) is 4.21. The van der Waals surface area contributed by atoms with Gasteiger partial charge in [0.2, 0.25) is 0 Å². The van der Waals surface area contributed by atoms with E-state index < -0.39 is 16.1 Å². The third-order valence-electron chi connectivity index (χ3n) is 1.09. The lowest BCUT2D eigenvalue weighted by atomic mass is 10.5. The van der Waals surface area contributed by atoms with Gasteiger partial charge in [0.15, 0.2) is 9.84 Å². The highest BCUT2D eigenvalue weighted by Crippen LogP contribution is 2.06. The molecule has 1 atom stereocenters. The number of ether oxygens (including phenoxy) is 1. The zero-order chi connectivity index (χ0) is 9.78. The average Bonchev–Trinajstić information content (AvgIpc) is 1.84. The summed E-state index contributed by atoms with van der Waals surface area (Å²) in [7, 11) is -3.48. The molecule has 0 spiro atoms. The molecule has 3 N–H and O–H groups in total. The summed E-state index contributed by atoms with van der Waals surface area (Å²) in [4.78, 5) is -0.315. The van der Waals surface area contributed by atoms with Gasteiger partial charge in [-0.3, -0.25) is 0 Å². The van der Waals surface area contributed by atoms with Crippen LogP contribution in [0.5, 0.6) is 0 Å². The maximum Gasteiger partial charge on any atom is 0.178 e. The first-order chi connectivity index (χ1) is 5.39. The molecule has 0 unspecified atom stereocenters. The Balaban J connectivity index is 4.69. The van der Waals surface area contributed by atoms with Gasteiger partial charge in [-0.2, -0.15) is 0 Å². The number of hydrogen-bond acceptors (Lipinski definition) is 5. The lowest BCUT2D eigenvalue weighted by molar-refractivity contribution is 0.211. The summed E-state index contributed by atoms with van der Waals surface area (Å²) < 4.78 is 26.5. The van der Waals surface area contributed by atoms with Crippen LogP contribution in [0, 0.1) is 0 Å². The molecule has 6 heteroatoms. The monoisotopic (exact) mass is 195 g/mol. The SMILES string of the molecule is CCO/C=C(/[C@@H](N)O)S(C)(=O)=O. The molecule has 0 amide bonds. The molecule has 0 saturated carbocycles. The van der Waals surface area contributed by atoms with Crippen molar-refractivity contribution in [3.63, 3.8) is 0 Å². The quantitative estimate of drug-likeness (QED) is 0.452. The first kappa shape index (κ1) is 11.4. The first-order valence-electron chi connectivity index (χ1n) is 3.35. The maximum absolute atomic E-state index is 10.9. The van der Waals surface area contributed by atoms with E-state index in [9.17, 15) is 8.42 Å². The van der Waals surface area contributed by atoms with Gasteiger partial charge in [0.05, 0.1) is 6.61 Å². The van der Waals surface area contributed by atoms with Crippen molar-refractivity contribution in [3.05, 3.63) is 11.2 Å². The number of aliphatic hydroxyl groups excluding tert-OH is 1. The van der Waals surface area contributed by atoms with Gasteiger partial charge in [0.1, 0.15) is 17.4 Å². The van der Waals surface area contributed by atoms with Crippen LogP contribution < -0.4 is 5.73 Å². The van der Waals surface area contributed by atoms with Gasteiger partial charge in [-0.1, -0.05) is 0 Å². The summed E-state index contributed by atoms with van der Waals surface area (Å²) >= 11 is 0. The predicted molar refractivity (Wildman–Crippen MR) is 44.7 cm³/mol. The Morgan fingerprint density at radius 1 is 1.75 bits per heavy atom. The fourth-order valence-electron chi connectivity index (χ4n) is 0.542. The van der Waals surface area contributed by atoms with Crippen LogP contribution in [0.3, 0.4) is 0 Å². The van der Waals surface area contributed by atoms with Crippen molar-refractivity contribution in [1.82, 2.24) is 0 Å². The molecular formula is C6H13NO4S. The lowest BCUT2D eigenvalue weighted by Crippen LogP contribution is -2.26. The first-order valence-corrected chi connectivity index (χ1v) is 5.24. The zero-order valence-corrected chi connectivity index (χ0v) is 7.84. The van der Waals surface area contributed by atoms with Gasteiger partial charge in [-0.15, -0.1) is 0 Å². The highest BCUT2D eigenvalue weighted by molar-refractivity contribution is 7.94. The normalized spacial score (nSPS) is 15.8. The summed E-state index contributed by atoms with van der Waals surface area (Å²) in [5.74, 6) is 0. The highest BCUT2D eigenvalue weighted by Gasteiger charge is 2.17. The van der Waals surface area contributed by atoms with E-state index in [1.54, 1.807) is 6.92 Å². The Hall–Kier alpha value is -0.590. The van der Waals surface area contributed by atoms with Gasteiger partial charge < -0.3 is 15.6 Å². The molecular weight excluding hydrogens is 182 g/mol. The van der Waals surface area contributed by atoms with Crippen molar-refractivity contribution >= 4 is 9.84 Å². The number of aliphatic hydroxyl groups is 1. The van der Waals surface area contributed by atoms with E-state index in [-0.39, 0.29) is 4.91 Å². The smallest absolute Gasteiger partial charge is 0.178 e. The molecule has 0 aliphatic rings. The Labute approximate surface area is 71.7 Å². The second kappa shape index (κ2) is 4.44. The van der Waals surface area contributed by atoms with Crippen LogP contribution >= 0.6 is 0 Å². The van der Waals surface area contributed by atoms with Gasteiger partial charge in [0.25, 0.3) is 0 Å². The van der Waals surface area contributed by atoms with Crippen LogP contribution in [0.1, 0.15) is 6.92 Å². The van der Waals surface area contributed by atoms with E-state index >= 15 is 0 Å². The minimum atomic E-state index is -3.48. The van der Waals surface area contributed by atoms with E-state index in [0.717, 1.165) is 12.5 Å². The number of sulfone groups is 1. The van der Waals surface area contributed by atoms with E-state index in [2.05, 4.69) is 0 Å². The molecule has 72 valence electrons. The molecule has 0 fully saturated rings. The van der Waals surface area contributed by atoms with Crippen molar-refractivity contribution in [2.24, 2.45) is 5.73 Å². The second-order valence-electron chi connectivity index (χ2n) is 2.19. The third-order valence-corrected chi connectivity index (χ3v) is 2.28. The Morgan fingerprint density at radius 3 is 2.50 bits per heavy atom. The number of rotatable bonds is 4. The van der Waals surface area contributed by atoms with E-state index in [4.69, 9.17) is 15.6 Å². The van der Waals surface area contributed by atoms with Crippen molar-refractivity contribution in [2.75, 3.05) is 12.9 Å². The van der Waals surface area contributed by atoms with E-state index in [0.29, 0.717) is 6.61 Å². The molecule has 0 aromatic heterocycles. The molecule has 0 radical (unpaired) electrons. The molecule has 0 aliphatic carbocycles. The van der Waals surface area contributed by atoms with Gasteiger partial charge in [-0.25, -0.2) is 8.42 Å². The van der Waals surface area contributed by atoms with Crippen LogP contribution in [0.15, 0.2) is 11.2 Å². The molecule has 0 saturated heterocycles. The molecule has 0 rings (SSSR count). The number of hydrogen-bond donors (Lipinski definition) is 2. The highest BCUT2D eigenvalue weighted by atomic mass is 32.2. The van der Waals surface area contributed by atoms with E-state index in [1.807, 2.05) is 0 Å². The van der Waals surface area contributed by atoms with Crippen molar-refractivity contribution in [2.45, 2.75) is 13.2 Å². The zero-order valence-electron chi connectivity index (χ0n) is 7.02. The van der Waals surface area contributed by atoms with Gasteiger partial charge in [0, 0.05) is 6.26 Å². The van der Waals surface area contributed by atoms with Crippen molar-refractivity contribution in [1.29, 1.82) is 0 Å². The summed E-state index contributed by atoms with van der Waals surface area (Å²) in [6, 6.07) is 0. The van der Waals surface area contributed by atoms with Crippen LogP contribution in [0.4, 0.5) is 0 Å².